The van der Waals surface area contributed by atoms with Gasteiger partial charge in [-0.3, -0.25) is 0 Å². The van der Waals surface area contributed by atoms with Gasteiger partial charge in [0, 0.05) is 13.2 Å². The van der Waals surface area contributed by atoms with Crippen LogP contribution in [-0.2, 0) is 23.7 Å². The predicted molar refractivity (Wildman–Crippen MR) is 156 cm³/mol. The van der Waals surface area contributed by atoms with E-state index in [9.17, 15) is 14.7 Å². The van der Waals surface area contributed by atoms with Gasteiger partial charge in [-0.1, -0.05) is 103 Å². The van der Waals surface area contributed by atoms with Crippen molar-refractivity contribution in [2.75, 3.05) is 19.8 Å². The maximum absolute atomic E-state index is 12.5. The maximum Gasteiger partial charge on any atom is 0.341 e. The highest BCUT2D eigenvalue weighted by Crippen LogP contribution is 2.14. The normalized spacial score (nSPS) is 12.9. The fourth-order valence-electron chi connectivity index (χ4n) is 4.31. The topological polar surface area (TPSA) is 101 Å². The van der Waals surface area contributed by atoms with Crippen LogP contribution in [0.3, 0.4) is 0 Å². The number of unbranched alkanes of at least 4 members (excludes halogenated alkanes) is 12. The third-order valence-electron chi connectivity index (χ3n) is 6.60. The van der Waals surface area contributed by atoms with Crippen molar-refractivity contribution in [3.05, 3.63) is 35.4 Å². The predicted octanol–water partition coefficient (Wildman–Crippen LogP) is 8.13. The van der Waals surface area contributed by atoms with Gasteiger partial charge in [0.1, 0.15) is 6.61 Å². The van der Waals surface area contributed by atoms with Crippen LogP contribution in [0.5, 0.6) is 0 Å². The number of carboxylic acid groups (broad SMARTS) is 1. The van der Waals surface area contributed by atoms with E-state index in [0.29, 0.717) is 13.2 Å². The second-order valence-corrected chi connectivity index (χ2v) is 10.3. The molecule has 8 nitrogen and oxygen atoms in total. The number of esters is 1. The average molecular weight is 567 g/mol. The number of benzene rings is 1. The lowest BCUT2D eigenvalue weighted by atomic mass is 10.1. The van der Waals surface area contributed by atoms with E-state index in [1.54, 1.807) is 26.0 Å². The van der Waals surface area contributed by atoms with E-state index >= 15 is 0 Å². The van der Waals surface area contributed by atoms with Crippen LogP contribution in [0.25, 0.3) is 0 Å². The third kappa shape index (κ3) is 17.6. The van der Waals surface area contributed by atoms with E-state index in [1.165, 1.54) is 76.3 Å². The molecule has 0 heterocycles. The molecule has 1 aromatic rings. The van der Waals surface area contributed by atoms with E-state index in [-0.39, 0.29) is 17.7 Å². The van der Waals surface area contributed by atoms with Gasteiger partial charge >= 0.3 is 11.9 Å². The fraction of sp³-hybridized carbons (Fsp3) is 0.750. The highest BCUT2D eigenvalue weighted by atomic mass is 16.8. The molecule has 0 saturated heterocycles. The van der Waals surface area contributed by atoms with Crippen LogP contribution >= 0.6 is 0 Å². The minimum atomic E-state index is -1.20. The summed E-state index contributed by atoms with van der Waals surface area (Å²) in [6.45, 7) is 9.14. The summed E-state index contributed by atoms with van der Waals surface area (Å²) in [7, 11) is 0. The lowest BCUT2D eigenvalue weighted by Crippen LogP contribution is -2.30. The van der Waals surface area contributed by atoms with Gasteiger partial charge in [-0.25, -0.2) is 9.59 Å². The van der Waals surface area contributed by atoms with Gasteiger partial charge in [-0.05, 0) is 38.8 Å². The van der Waals surface area contributed by atoms with Crippen molar-refractivity contribution in [1.82, 2.24) is 0 Å². The number of rotatable bonds is 26. The van der Waals surface area contributed by atoms with E-state index < -0.39 is 30.8 Å². The molecule has 0 aliphatic carbocycles. The SMILES string of the molecule is CCCCCCCCCOC(COC(C)OC(C)OC(=O)c1ccccc1C(=O)O)OCCCCCCCCC. The van der Waals surface area contributed by atoms with Crippen LogP contribution in [0.4, 0.5) is 0 Å². The summed E-state index contributed by atoms with van der Waals surface area (Å²) in [5, 5.41) is 9.30. The standard InChI is InChI=1S/C32H54O8/c1-5-7-9-11-13-15-19-23-36-30(37-24-20-16-14-12-10-8-6-2)25-38-26(3)39-27(4)40-32(35)29-22-18-17-21-28(29)31(33)34/h17-18,21-22,26-27,30H,5-16,19-20,23-25H2,1-4H3,(H,33,34). The van der Waals surface area contributed by atoms with Crippen molar-refractivity contribution in [1.29, 1.82) is 0 Å². The van der Waals surface area contributed by atoms with E-state index in [1.807, 2.05) is 0 Å². The largest absolute Gasteiger partial charge is 0.478 e. The molecule has 0 aliphatic heterocycles. The number of ether oxygens (including phenoxy) is 5. The van der Waals surface area contributed by atoms with Crippen LogP contribution in [0.15, 0.2) is 24.3 Å². The number of hydrogen-bond donors (Lipinski definition) is 1. The average Bonchev–Trinajstić information content (AvgIpc) is 2.93. The molecule has 0 spiro atoms. The Balaban J connectivity index is 2.44. The number of aromatic carboxylic acids is 1. The summed E-state index contributed by atoms with van der Waals surface area (Å²) >= 11 is 0. The Morgan fingerprint density at radius 1 is 0.675 bits per heavy atom. The van der Waals surface area contributed by atoms with Crippen LogP contribution in [0, 0.1) is 0 Å². The molecular formula is C32H54O8. The molecule has 8 heteroatoms. The van der Waals surface area contributed by atoms with E-state index in [4.69, 9.17) is 23.7 Å². The molecule has 230 valence electrons. The minimum absolute atomic E-state index is 0.0309. The van der Waals surface area contributed by atoms with Gasteiger partial charge in [-0.15, -0.1) is 0 Å². The zero-order valence-electron chi connectivity index (χ0n) is 25.4. The number of carbonyl (C=O) groups is 2. The maximum atomic E-state index is 12.5. The first-order valence-corrected chi connectivity index (χ1v) is 15.4. The summed E-state index contributed by atoms with van der Waals surface area (Å²) < 4.78 is 28.7. The number of carbonyl (C=O) groups excluding carboxylic acids is 1. The zero-order valence-corrected chi connectivity index (χ0v) is 25.4. The molecule has 0 saturated carbocycles. The second-order valence-electron chi connectivity index (χ2n) is 10.3. The van der Waals surface area contributed by atoms with Gasteiger partial charge < -0.3 is 28.8 Å². The van der Waals surface area contributed by atoms with Gasteiger partial charge in [0.15, 0.2) is 12.6 Å². The molecule has 0 fully saturated rings. The highest BCUT2D eigenvalue weighted by molar-refractivity contribution is 6.02. The van der Waals surface area contributed by atoms with Crippen molar-refractivity contribution >= 4 is 11.9 Å². The molecular weight excluding hydrogens is 512 g/mol. The smallest absolute Gasteiger partial charge is 0.341 e. The molecule has 0 amide bonds. The third-order valence-corrected chi connectivity index (χ3v) is 6.60. The van der Waals surface area contributed by atoms with Crippen molar-refractivity contribution in [2.45, 2.75) is 136 Å². The first kappa shape index (κ1) is 36.0. The minimum Gasteiger partial charge on any atom is -0.478 e. The molecule has 1 aromatic carbocycles. The molecule has 0 aromatic heterocycles. The monoisotopic (exact) mass is 566 g/mol. The molecule has 40 heavy (non-hydrogen) atoms. The Labute approximate surface area is 242 Å². The van der Waals surface area contributed by atoms with Crippen molar-refractivity contribution in [2.24, 2.45) is 0 Å². The van der Waals surface area contributed by atoms with Gasteiger partial charge in [-0.2, -0.15) is 0 Å². The molecule has 0 bridgehead atoms. The Morgan fingerprint density at radius 2 is 1.15 bits per heavy atom. The highest BCUT2D eigenvalue weighted by Gasteiger charge is 2.21. The molecule has 1 N–H and O–H groups in total. The lowest BCUT2D eigenvalue weighted by molar-refractivity contribution is -0.247. The molecule has 2 unspecified atom stereocenters. The first-order valence-electron chi connectivity index (χ1n) is 15.4. The molecule has 1 rings (SSSR count). The first-order chi connectivity index (χ1) is 19.4. The Hall–Kier alpha value is -2.00. The van der Waals surface area contributed by atoms with E-state index in [0.717, 1.165) is 25.7 Å². The van der Waals surface area contributed by atoms with Crippen molar-refractivity contribution in [3.8, 4) is 0 Å². The Kier molecular flexibility index (Phi) is 21.3. The summed E-state index contributed by atoms with van der Waals surface area (Å²) in [5.74, 6) is -1.97. The Bertz CT molecular complexity index is 764. The van der Waals surface area contributed by atoms with Gasteiger partial charge in [0.25, 0.3) is 0 Å². The van der Waals surface area contributed by atoms with Crippen molar-refractivity contribution < 1.29 is 38.4 Å². The van der Waals surface area contributed by atoms with Crippen LogP contribution in [0.1, 0.15) is 138 Å². The quantitative estimate of drug-likeness (QED) is 0.0681. The fourth-order valence-corrected chi connectivity index (χ4v) is 4.31. The summed E-state index contributed by atoms with van der Waals surface area (Å²) in [4.78, 5) is 23.9. The van der Waals surface area contributed by atoms with E-state index in [2.05, 4.69) is 13.8 Å². The lowest BCUT2D eigenvalue weighted by Gasteiger charge is -2.23. The van der Waals surface area contributed by atoms with Gasteiger partial charge in [0.2, 0.25) is 6.29 Å². The van der Waals surface area contributed by atoms with Gasteiger partial charge in [0.05, 0.1) is 11.1 Å². The Morgan fingerprint density at radius 3 is 1.65 bits per heavy atom. The summed E-state index contributed by atoms with van der Waals surface area (Å²) in [6.07, 6.45) is 14.8. The number of carboxylic acids is 1. The molecule has 0 radical (unpaired) electrons. The molecule has 2 atom stereocenters. The van der Waals surface area contributed by atoms with Crippen molar-refractivity contribution in [3.63, 3.8) is 0 Å². The zero-order chi connectivity index (χ0) is 29.4. The van der Waals surface area contributed by atoms with Crippen LogP contribution in [-0.4, -0.2) is 55.7 Å². The summed E-state index contributed by atoms with van der Waals surface area (Å²) in [5.41, 5.74) is -0.153. The summed E-state index contributed by atoms with van der Waals surface area (Å²) in [6, 6.07) is 5.90. The number of hydrogen-bond acceptors (Lipinski definition) is 7. The van der Waals surface area contributed by atoms with Crippen LogP contribution in [0.2, 0.25) is 0 Å². The molecule has 0 aliphatic rings. The second kappa shape index (κ2) is 23.7. The van der Waals surface area contributed by atoms with Crippen LogP contribution < -0.4 is 0 Å².